The molecule has 1 aliphatic rings. The quantitative estimate of drug-likeness (QED) is 0.616. The number of thiazole rings is 1. The van der Waals surface area contributed by atoms with E-state index in [4.69, 9.17) is 9.72 Å². The normalized spacial score (nSPS) is 15.2. The molecule has 0 saturated carbocycles. The number of hydrogen-bond donors (Lipinski definition) is 1. The van der Waals surface area contributed by atoms with Crippen LogP contribution in [0.1, 0.15) is 12.6 Å². The predicted molar refractivity (Wildman–Crippen MR) is 120 cm³/mol. The van der Waals surface area contributed by atoms with Crippen LogP contribution in [0.5, 0.6) is 0 Å². The number of fused-ring (bicyclic) bond motifs is 1. The van der Waals surface area contributed by atoms with Crippen LogP contribution in [0.3, 0.4) is 0 Å². The smallest absolute Gasteiger partial charge is 0.190 e. The van der Waals surface area contributed by atoms with Crippen molar-refractivity contribution < 1.29 is 4.74 Å². The van der Waals surface area contributed by atoms with Crippen molar-refractivity contribution in [1.82, 2.24) is 15.0 Å². The zero-order valence-corrected chi connectivity index (χ0v) is 17.0. The molecule has 1 fully saturated rings. The largest absolute Gasteiger partial charge is 0.378 e. The molecule has 7 nitrogen and oxygen atoms in total. The number of nitrogens with one attached hydrogen (secondary N) is 1. The van der Waals surface area contributed by atoms with Gasteiger partial charge in [-0.3, -0.25) is 4.99 Å². The van der Waals surface area contributed by atoms with Crippen LogP contribution in [0.2, 0.25) is 0 Å². The monoisotopic (exact) mass is 406 g/mol. The maximum Gasteiger partial charge on any atom is 0.190 e. The maximum absolute atomic E-state index is 5.43. The fourth-order valence-corrected chi connectivity index (χ4v) is 3.85. The first-order valence-electron chi connectivity index (χ1n) is 9.37. The number of ether oxygens (including phenoxy) is 1. The number of aromatic nitrogens is 3. The number of anilines is 3. The van der Waals surface area contributed by atoms with Crippen LogP contribution >= 0.6 is 11.3 Å². The SMILES string of the molecule is C=C/N=C\C=C(/C)c1ccc2nc(Nc3cc(N4CCOCC4)ccn3)sc2n1. The first-order chi connectivity index (χ1) is 14.2. The molecule has 29 heavy (non-hydrogen) atoms. The summed E-state index contributed by atoms with van der Waals surface area (Å²) in [5, 5.41) is 4.08. The van der Waals surface area contributed by atoms with Gasteiger partial charge in [0, 0.05) is 43.5 Å². The van der Waals surface area contributed by atoms with Crippen LogP contribution in [0.4, 0.5) is 16.6 Å². The Morgan fingerprint density at radius 1 is 1.28 bits per heavy atom. The minimum Gasteiger partial charge on any atom is -0.378 e. The molecule has 0 radical (unpaired) electrons. The Kier molecular flexibility index (Phi) is 5.92. The van der Waals surface area contributed by atoms with Crippen molar-refractivity contribution >= 4 is 50.1 Å². The third kappa shape index (κ3) is 4.67. The molecule has 8 heteroatoms. The fraction of sp³-hybridized carbons (Fsp3) is 0.238. The van der Waals surface area contributed by atoms with E-state index in [1.165, 1.54) is 17.5 Å². The zero-order chi connectivity index (χ0) is 20.1. The average molecular weight is 407 g/mol. The number of rotatable bonds is 6. The van der Waals surface area contributed by atoms with Crippen molar-refractivity contribution in [1.29, 1.82) is 0 Å². The molecule has 4 rings (SSSR count). The van der Waals surface area contributed by atoms with E-state index >= 15 is 0 Å². The molecule has 0 bridgehead atoms. The van der Waals surface area contributed by atoms with Crippen molar-refractivity contribution in [3.05, 3.63) is 55.0 Å². The minimum absolute atomic E-state index is 0.754. The topological polar surface area (TPSA) is 75.5 Å². The summed E-state index contributed by atoms with van der Waals surface area (Å²) in [4.78, 5) is 21.0. The molecule has 1 N–H and O–H groups in total. The van der Waals surface area contributed by atoms with Crippen molar-refractivity contribution in [3.8, 4) is 0 Å². The highest BCUT2D eigenvalue weighted by molar-refractivity contribution is 7.21. The van der Waals surface area contributed by atoms with Gasteiger partial charge >= 0.3 is 0 Å². The van der Waals surface area contributed by atoms with E-state index < -0.39 is 0 Å². The van der Waals surface area contributed by atoms with E-state index in [2.05, 4.69) is 31.8 Å². The van der Waals surface area contributed by atoms with Gasteiger partial charge in [-0.25, -0.2) is 15.0 Å². The van der Waals surface area contributed by atoms with E-state index in [-0.39, 0.29) is 0 Å². The van der Waals surface area contributed by atoms with Gasteiger partial charge < -0.3 is 15.0 Å². The summed E-state index contributed by atoms with van der Waals surface area (Å²) in [5.74, 6) is 0.769. The molecule has 0 unspecified atom stereocenters. The summed E-state index contributed by atoms with van der Waals surface area (Å²) in [7, 11) is 0. The number of hydrogen-bond acceptors (Lipinski definition) is 8. The van der Waals surface area contributed by atoms with Crippen LogP contribution in [-0.2, 0) is 4.74 Å². The van der Waals surface area contributed by atoms with E-state index in [0.717, 1.165) is 64.6 Å². The molecule has 0 spiro atoms. The number of nitrogens with zero attached hydrogens (tertiary/aromatic N) is 5. The summed E-state index contributed by atoms with van der Waals surface area (Å²) in [5.41, 5.74) is 3.92. The minimum atomic E-state index is 0.754. The molecule has 148 valence electrons. The standard InChI is InChI=1S/C21H22N6OS/c1-3-22-8-6-15(2)17-4-5-18-20(24-17)29-21(25-18)26-19-14-16(7-9-23-19)27-10-12-28-13-11-27/h3-9,14H,1,10-13H2,2H3,(H,23,25,26)/b15-6+,22-8-. The van der Waals surface area contributed by atoms with Crippen molar-refractivity contribution in [2.45, 2.75) is 6.92 Å². The van der Waals surface area contributed by atoms with Crippen LogP contribution in [-0.4, -0.2) is 47.5 Å². The summed E-state index contributed by atoms with van der Waals surface area (Å²) in [6, 6.07) is 8.02. The molecule has 1 aliphatic heterocycles. The van der Waals surface area contributed by atoms with Crippen LogP contribution in [0, 0.1) is 0 Å². The maximum atomic E-state index is 5.43. The molecule has 0 atom stereocenters. The molecule has 0 aromatic carbocycles. The summed E-state index contributed by atoms with van der Waals surface area (Å²) >= 11 is 1.51. The predicted octanol–water partition coefficient (Wildman–Crippen LogP) is 4.28. The lowest BCUT2D eigenvalue weighted by atomic mass is 10.2. The Morgan fingerprint density at radius 2 is 2.14 bits per heavy atom. The average Bonchev–Trinajstić information content (AvgIpc) is 3.16. The second-order valence-corrected chi connectivity index (χ2v) is 7.47. The third-order valence-corrected chi connectivity index (χ3v) is 5.41. The zero-order valence-electron chi connectivity index (χ0n) is 16.2. The van der Waals surface area contributed by atoms with Crippen molar-refractivity contribution in [3.63, 3.8) is 0 Å². The van der Waals surface area contributed by atoms with E-state index in [1.54, 1.807) is 6.21 Å². The van der Waals surface area contributed by atoms with Gasteiger partial charge in [0.25, 0.3) is 0 Å². The van der Waals surface area contributed by atoms with Gasteiger partial charge in [0.05, 0.1) is 18.9 Å². The first kappa shape index (κ1) is 19.2. The van der Waals surface area contributed by atoms with Gasteiger partial charge in [0.2, 0.25) is 0 Å². The fourth-order valence-electron chi connectivity index (χ4n) is 3.01. The van der Waals surface area contributed by atoms with Crippen molar-refractivity contribution in [2.24, 2.45) is 4.99 Å². The Balaban J connectivity index is 1.53. The van der Waals surface area contributed by atoms with Gasteiger partial charge in [0.1, 0.15) is 16.2 Å². The summed E-state index contributed by atoms with van der Waals surface area (Å²) in [6.07, 6.45) is 6.94. The Labute approximate surface area is 173 Å². The second kappa shape index (κ2) is 8.93. The van der Waals surface area contributed by atoms with Gasteiger partial charge in [-0.1, -0.05) is 17.9 Å². The Morgan fingerprint density at radius 3 is 2.97 bits per heavy atom. The summed E-state index contributed by atoms with van der Waals surface area (Å²) in [6.45, 7) is 8.86. The molecule has 4 heterocycles. The number of morpholine rings is 1. The van der Waals surface area contributed by atoms with E-state index in [0.29, 0.717) is 0 Å². The Hall–Kier alpha value is -3.10. The highest BCUT2D eigenvalue weighted by Crippen LogP contribution is 2.29. The Bertz CT molecular complexity index is 1070. The lowest BCUT2D eigenvalue weighted by molar-refractivity contribution is 0.122. The first-order valence-corrected chi connectivity index (χ1v) is 10.2. The molecule has 3 aromatic heterocycles. The number of pyridine rings is 2. The van der Waals surface area contributed by atoms with Gasteiger partial charge in [-0.15, -0.1) is 0 Å². The number of aliphatic imine (C=N–C) groups is 1. The van der Waals surface area contributed by atoms with Gasteiger partial charge in [-0.2, -0.15) is 0 Å². The lowest BCUT2D eigenvalue weighted by Crippen LogP contribution is -2.36. The molecular formula is C21H22N6OS. The molecule has 3 aromatic rings. The van der Waals surface area contributed by atoms with Gasteiger partial charge in [-0.05, 0) is 36.8 Å². The highest BCUT2D eigenvalue weighted by atomic mass is 32.1. The second-order valence-electron chi connectivity index (χ2n) is 6.49. The van der Waals surface area contributed by atoms with Crippen LogP contribution in [0.25, 0.3) is 15.9 Å². The van der Waals surface area contributed by atoms with E-state index in [1.807, 2.05) is 43.5 Å². The van der Waals surface area contributed by atoms with E-state index in [9.17, 15) is 0 Å². The molecule has 1 saturated heterocycles. The molecule has 0 amide bonds. The molecule has 0 aliphatic carbocycles. The van der Waals surface area contributed by atoms with Crippen LogP contribution in [0.15, 0.2) is 54.3 Å². The third-order valence-electron chi connectivity index (χ3n) is 4.53. The molecular weight excluding hydrogens is 384 g/mol. The summed E-state index contributed by atoms with van der Waals surface area (Å²) < 4.78 is 5.43. The van der Waals surface area contributed by atoms with Gasteiger partial charge in [0.15, 0.2) is 5.13 Å². The number of allylic oxidation sites excluding steroid dienone is 2. The van der Waals surface area contributed by atoms with Crippen LogP contribution < -0.4 is 10.2 Å². The highest BCUT2D eigenvalue weighted by Gasteiger charge is 2.13. The van der Waals surface area contributed by atoms with Crippen molar-refractivity contribution in [2.75, 3.05) is 36.5 Å². The lowest BCUT2D eigenvalue weighted by Gasteiger charge is -2.28.